The first-order chi connectivity index (χ1) is 10.6. The first-order valence-corrected chi connectivity index (χ1v) is 6.72. The van der Waals surface area contributed by atoms with E-state index in [-0.39, 0.29) is 18.4 Å². The van der Waals surface area contributed by atoms with Crippen molar-refractivity contribution in [2.75, 3.05) is 18.5 Å². The van der Waals surface area contributed by atoms with Crippen LogP contribution in [0.5, 0.6) is 0 Å². The number of carbonyl (C=O) groups is 2. The van der Waals surface area contributed by atoms with Crippen molar-refractivity contribution < 1.29 is 9.59 Å². The minimum atomic E-state index is -0.376. The fourth-order valence-electron chi connectivity index (χ4n) is 1.98. The molecule has 2 rings (SSSR count). The molecule has 0 aliphatic heterocycles. The van der Waals surface area contributed by atoms with Crippen LogP contribution in [0.15, 0.2) is 54.6 Å². The number of hydrogen-bond acceptors (Lipinski definition) is 3. The Balaban J connectivity index is 2.20. The Morgan fingerprint density at radius 1 is 1.09 bits per heavy atom. The molecular formula is C17H15N3O2. The van der Waals surface area contributed by atoms with Gasteiger partial charge < -0.3 is 10.2 Å². The topological polar surface area (TPSA) is 73.2 Å². The lowest BCUT2D eigenvalue weighted by molar-refractivity contribution is 0.0958. The minimum absolute atomic E-state index is 0.0685. The Labute approximate surface area is 128 Å². The molecule has 2 amide bonds. The quantitative estimate of drug-likeness (QED) is 0.878. The van der Waals surface area contributed by atoms with Gasteiger partial charge in [-0.15, -0.1) is 0 Å². The van der Waals surface area contributed by atoms with Gasteiger partial charge in [-0.3, -0.25) is 9.59 Å². The molecule has 0 saturated heterocycles. The fourth-order valence-corrected chi connectivity index (χ4v) is 1.98. The van der Waals surface area contributed by atoms with E-state index in [1.54, 1.807) is 25.2 Å². The number of carbonyl (C=O) groups excluding carboxylic acids is 2. The van der Waals surface area contributed by atoms with Crippen LogP contribution in [0.1, 0.15) is 20.7 Å². The van der Waals surface area contributed by atoms with Crippen LogP contribution in [-0.2, 0) is 0 Å². The molecule has 110 valence electrons. The number of nitrogens with one attached hydrogen (secondary N) is 1. The van der Waals surface area contributed by atoms with E-state index < -0.39 is 0 Å². The Morgan fingerprint density at radius 2 is 1.77 bits per heavy atom. The SMILES string of the molecule is CN(C(=O)c1cccc(C(=O)NCC#N)c1)c1ccccc1. The molecule has 0 aliphatic rings. The van der Waals surface area contributed by atoms with Gasteiger partial charge in [0.1, 0.15) is 6.54 Å². The van der Waals surface area contributed by atoms with Crippen LogP contribution in [0.4, 0.5) is 5.69 Å². The summed E-state index contributed by atoms with van der Waals surface area (Å²) in [6.07, 6.45) is 0. The molecule has 5 nitrogen and oxygen atoms in total. The number of rotatable bonds is 4. The molecule has 1 N–H and O–H groups in total. The monoisotopic (exact) mass is 293 g/mol. The van der Waals surface area contributed by atoms with Crippen LogP contribution in [0.3, 0.4) is 0 Å². The zero-order chi connectivity index (χ0) is 15.9. The van der Waals surface area contributed by atoms with E-state index in [9.17, 15) is 9.59 Å². The third kappa shape index (κ3) is 3.49. The zero-order valence-corrected chi connectivity index (χ0v) is 12.1. The average molecular weight is 293 g/mol. The van der Waals surface area contributed by atoms with E-state index in [0.29, 0.717) is 11.1 Å². The lowest BCUT2D eigenvalue weighted by Gasteiger charge is -2.17. The molecule has 0 fully saturated rings. The molecule has 0 heterocycles. The van der Waals surface area contributed by atoms with Crippen molar-refractivity contribution in [3.63, 3.8) is 0 Å². The summed E-state index contributed by atoms with van der Waals surface area (Å²) in [5.74, 6) is -0.584. The van der Waals surface area contributed by atoms with Gasteiger partial charge in [0.15, 0.2) is 0 Å². The number of hydrogen-bond donors (Lipinski definition) is 1. The van der Waals surface area contributed by atoms with Crippen molar-refractivity contribution in [3.05, 3.63) is 65.7 Å². The summed E-state index contributed by atoms with van der Waals surface area (Å²) in [5, 5.41) is 10.9. The molecule has 0 unspecified atom stereocenters. The van der Waals surface area contributed by atoms with Crippen molar-refractivity contribution in [1.82, 2.24) is 5.32 Å². The smallest absolute Gasteiger partial charge is 0.258 e. The van der Waals surface area contributed by atoms with E-state index in [0.717, 1.165) is 5.69 Å². The van der Waals surface area contributed by atoms with E-state index in [2.05, 4.69) is 5.32 Å². The number of anilines is 1. The predicted octanol–water partition coefficient (Wildman–Crippen LogP) is 2.22. The molecule has 5 heteroatoms. The van der Waals surface area contributed by atoms with E-state index in [1.807, 2.05) is 36.4 Å². The van der Waals surface area contributed by atoms with Gasteiger partial charge in [-0.1, -0.05) is 24.3 Å². The second-order valence-electron chi connectivity index (χ2n) is 4.62. The van der Waals surface area contributed by atoms with Crippen molar-refractivity contribution in [1.29, 1.82) is 5.26 Å². The molecule has 0 aromatic heterocycles. The van der Waals surface area contributed by atoms with Gasteiger partial charge in [-0.05, 0) is 30.3 Å². The highest BCUT2D eigenvalue weighted by molar-refractivity contribution is 6.07. The largest absolute Gasteiger partial charge is 0.339 e. The van der Waals surface area contributed by atoms with Gasteiger partial charge in [0, 0.05) is 23.9 Å². The van der Waals surface area contributed by atoms with Crippen LogP contribution in [0.25, 0.3) is 0 Å². The van der Waals surface area contributed by atoms with Gasteiger partial charge in [0.2, 0.25) is 0 Å². The van der Waals surface area contributed by atoms with Crippen molar-refractivity contribution in [2.45, 2.75) is 0 Å². The maximum Gasteiger partial charge on any atom is 0.258 e. The minimum Gasteiger partial charge on any atom is -0.339 e. The lowest BCUT2D eigenvalue weighted by Crippen LogP contribution is -2.27. The summed E-state index contributed by atoms with van der Waals surface area (Å²) in [4.78, 5) is 25.8. The molecule has 0 saturated carbocycles. The van der Waals surface area contributed by atoms with Gasteiger partial charge >= 0.3 is 0 Å². The second-order valence-corrected chi connectivity index (χ2v) is 4.62. The highest BCUT2D eigenvalue weighted by Gasteiger charge is 2.15. The summed E-state index contributed by atoms with van der Waals surface area (Å²) in [6.45, 7) is -0.0685. The molecular weight excluding hydrogens is 278 g/mol. The lowest BCUT2D eigenvalue weighted by atomic mass is 10.1. The number of para-hydroxylation sites is 1. The van der Waals surface area contributed by atoms with Crippen LogP contribution in [0.2, 0.25) is 0 Å². The van der Waals surface area contributed by atoms with E-state index >= 15 is 0 Å². The highest BCUT2D eigenvalue weighted by atomic mass is 16.2. The summed E-state index contributed by atoms with van der Waals surface area (Å²) in [6, 6.07) is 17.5. The number of benzene rings is 2. The maximum atomic E-state index is 12.5. The third-order valence-corrected chi connectivity index (χ3v) is 3.15. The average Bonchev–Trinajstić information content (AvgIpc) is 2.59. The predicted molar refractivity (Wildman–Crippen MR) is 83.6 cm³/mol. The molecule has 0 atom stereocenters. The second kappa shape index (κ2) is 7.04. The summed E-state index contributed by atoms with van der Waals surface area (Å²) in [7, 11) is 1.68. The molecule has 2 aromatic rings. The van der Waals surface area contributed by atoms with Crippen LogP contribution >= 0.6 is 0 Å². The molecule has 0 spiro atoms. The summed E-state index contributed by atoms with van der Waals surface area (Å²) >= 11 is 0. The number of nitriles is 1. The molecule has 0 aliphatic carbocycles. The first-order valence-electron chi connectivity index (χ1n) is 6.72. The highest BCUT2D eigenvalue weighted by Crippen LogP contribution is 2.15. The Bertz CT molecular complexity index is 720. The van der Waals surface area contributed by atoms with Crippen molar-refractivity contribution >= 4 is 17.5 Å². The first kappa shape index (κ1) is 15.3. The normalized spacial score (nSPS) is 9.64. The van der Waals surface area contributed by atoms with E-state index in [4.69, 9.17) is 5.26 Å². The number of nitrogens with zero attached hydrogens (tertiary/aromatic N) is 2. The zero-order valence-electron chi connectivity index (χ0n) is 12.1. The standard InChI is InChI=1S/C17H15N3O2/c1-20(15-8-3-2-4-9-15)17(22)14-7-5-6-13(12-14)16(21)19-11-10-18/h2-9,12H,11H2,1H3,(H,19,21). The Hall–Kier alpha value is -3.13. The van der Waals surface area contributed by atoms with Crippen LogP contribution in [-0.4, -0.2) is 25.4 Å². The summed E-state index contributed by atoms with van der Waals surface area (Å²) < 4.78 is 0. The van der Waals surface area contributed by atoms with Gasteiger partial charge in [-0.2, -0.15) is 5.26 Å². The van der Waals surface area contributed by atoms with Gasteiger partial charge in [-0.25, -0.2) is 0 Å². The van der Waals surface area contributed by atoms with Gasteiger partial charge in [0.25, 0.3) is 11.8 Å². The van der Waals surface area contributed by atoms with Crippen molar-refractivity contribution in [3.8, 4) is 6.07 Å². The van der Waals surface area contributed by atoms with E-state index in [1.165, 1.54) is 11.0 Å². The Kier molecular flexibility index (Phi) is 4.89. The Morgan fingerprint density at radius 3 is 2.45 bits per heavy atom. The molecule has 0 radical (unpaired) electrons. The third-order valence-electron chi connectivity index (χ3n) is 3.15. The summed E-state index contributed by atoms with van der Waals surface area (Å²) in [5.41, 5.74) is 1.53. The molecule has 2 aromatic carbocycles. The van der Waals surface area contributed by atoms with Gasteiger partial charge in [0.05, 0.1) is 6.07 Å². The molecule has 22 heavy (non-hydrogen) atoms. The van der Waals surface area contributed by atoms with Crippen LogP contribution in [0, 0.1) is 11.3 Å². The maximum absolute atomic E-state index is 12.5. The van der Waals surface area contributed by atoms with Crippen LogP contribution < -0.4 is 10.2 Å². The molecule has 0 bridgehead atoms. The number of amides is 2. The fraction of sp³-hybridized carbons (Fsp3) is 0.118. The van der Waals surface area contributed by atoms with Crippen molar-refractivity contribution in [2.24, 2.45) is 0 Å².